The molecule has 0 bridgehead atoms. The maximum Gasteiger partial charge on any atom is 0.132 e. The average molecular weight is 338 g/mol. The third-order valence-electron chi connectivity index (χ3n) is 2.76. The van der Waals surface area contributed by atoms with Crippen molar-refractivity contribution >= 4 is 27.7 Å². The minimum absolute atomic E-state index is 0.00491. The summed E-state index contributed by atoms with van der Waals surface area (Å²) >= 11 is 5.18. The van der Waals surface area contributed by atoms with Crippen LogP contribution in [-0.2, 0) is 0 Å². The summed E-state index contributed by atoms with van der Waals surface area (Å²) < 4.78 is 6.43. The predicted molar refractivity (Wildman–Crippen MR) is 83.9 cm³/mol. The summed E-state index contributed by atoms with van der Waals surface area (Å²) in [7, 11) is 1.69. The average Bonchev–Trinajstić information content (AvgIpc) is 2.39. The molecule has 0 spiro atoms. The Morgan fingerprint density at radius 1 is 1.16 bits per heavy atom. The molecule has 0 aliphatic carbocycles. The highest BCUT2D eigenvalue weighted by atomic mass is 79.9. The second-order valence-electron chi connectivity index (χ2n) is 4.22. The van der Waals surface area contributed by atoms with Crippen molar-refractivity contribution in [3.8, 4) is 5.75 Å². The van der Waals surface area contributed by atoms with Crippen LogP contribution in [0.25, 0.3) is 0 Å². The van der Waals surface area contributed by atoms with Crippen molar-refractivity contribution in [3.63, 3.8) is 0 Å². The number of ether oxygens (including phenoxy) is 1. The Kier molecular flexibility index (Phi) is 4.91. The number of methoxy groups -OCH3 is 1. The Labute approximate surface area is 126 Å². The van der Waals surface area contributed by atoms with Crippen LogP contribution < -0.4 is 10.5 Å². The number of benzene rings is 2. The molecular formula is C15H16BrNOS. The molecule has 0 aliphatic rings. The molecule has 19 heavy (non-hydrogen) atoms. The topological polar surface area (TPSA) is 35.2 Å². The zero-order chi connectivity index (χ0) is 13.8. The van der Waals surface area contributed by atoms with Crippen molar-refractivity contribution in [2.75, 3.05) is 7.11 Å². The molecule has 0 radical (unpaired) electrons. The van der Waals surface area contributed by atoms with Crippen LogP contribution in [0.1, 0.15) is 18.5 Å². The van der Waals surface area contributed by atoms with Crippen molar-refractivity contribution in [1.29, 1.82) is 0 Å². The predicted octanol–water partition coefficient (Wildman–Crippen LogP) is 4.63. The fourth-order valence-electron chi connectivity index (χ4n) is 1.79. The van der Waals surface area contributed by atoms with Gasteiger partial charge in [0.25, 0.3) is 0 Å². The fourth-order valence-corrected chi connectivity index (χ4v) is 3.50. The summed E-state index contributed by atoms with van der Waals surface area (Å²) in [5.74, 6) is 0.878. The van der Waals surface area contributed by atoms with Crippen LogP contribution in [0.5, 0.6) is 5.75 Å². The lowest BCUT2D eigenvalue weighted by atomic mass is 10.1. The molecular weight excluding hydrogens is 322 g/mol. The number of nitrogens with two attached hydrogens (primary N) is 1. The van der Waals surface area contributed by atoms with Crippen LogP contribution in [-0.4, -0.2) is 7.11 Å². The molecule has 2 aromatic carbocycles. The first-order chi connectivity index (χ1) is 9.11. The van der Waals surface area contributed by atoms with Gasteiger partial charge in [-0.15, -0.1) is 0 Å². The van der Waals surface area contributed by atoms with Crippen molar-refractivity contribution in [2.45, 2.75) is 22.8 Å². The van der Waals surface area contributed by atoms with Crippen LogP contribution in [0, 0.1) is 0 Å². The number of para-hydroxylation sites is 1. The van der Waals surface area contributed by atoms with Gasteiger partial charge in [-0.2, -0.15) is 0 Å². The molecule has 2 aromatic rings. The van der Waals surface area contributed by atoms with Gasteiger partial charge in [0, 0.05) is 15.4 Å². The minimum Gasteiger partial charge on any atom is -0.496 e. The van der Waals surface area contributed by atoms with Crippen LogP contribution in [0.3, 0.4) is 0 Å². The van der Waals surface area contributed by atoms with E-state index in [0.29, 0.717) is 0 Å². The maximum absolute atomic E-state index is 6.03. The summed E-state index contributed by atoms with van der Waals surface area (Å²) in [5, 5.41) is 0. The normalized spacial score (nSPS) is 12.2. The molecule has 2 nitrogen and oxygen atoms in total. The van der Waals surface area contributed by atoms with Gasteiger partial charge < -0.3 is 10.5 Å². The Balaban J connectivity index is 2.39. The summed E-state index contributed by atoms with van der Waals surface area (Å²) in [5.41, 5.74) is 7.17. The van der Waals surface area contributed by atoms with Crippen molar-refractivity contribution in [2.24, 2.45) is 5.73 Å². The Hall–Kier alpha value is -0.970. The van der Waals surface area contributed by atoms with Crippen molar-refractivity contribution in [3.05, 3.63) is 52.5 Å². The molecule has 100 valence electrons. The zero-order valence-corrected chi connectivity index (χ0v) is 13.3. The third-order valence-corrected chi connectivity index (χ3v) is 4.38. The van der Waals surface area contributed by atoms with Crippen LogP contribution in [0.4, 0.5) is 0 Å². The highest BCUT2D eigenvalue weighted by molar-refractivity contribution is 9.10. The van der Waals surface area contributed by atoms with E-state index in [1.807, 2.05) is 31.2 Å². The monoisotopic (exact) mass is 337 g/mol. The van der Waals surface area contributed by atoms with Crippen molar-refractivity contribution < 1.29 is 4.74 Å². The molecule has 0 fully saturated rings. The van der Waals surface area contributed by atoms with Crippen LogP contribution >= 0.6 is 27.7 Å². The van der Waals surface area contributed by atoms with Crippen LogP contribution in [0.2, 0.25) is 0 Å². The lowest BCUT2D eigenvalue weighted by molar-refractivity contribution is 0.405. The molecule has 2 N–H and O–H groups in total. The zero-order valence-electron chi connectivity index (χ0n) is 10.9. The standard InChI is InChI=1S/C15H16BrNOS/c1-10(17)12-8-7-11(16)9-15(12)19-14-6-4-3-5-13(14)18-2/h3-10H,17H2,1-2H3. The van der Waals surface area contributed by atoms with E-state index in [4.69, 9.17) is 10.5 Å². The second kappa shape index (κ2) is 6.46. The SMILES string of the molecule is COc1ccccc1Sc1cc(Br)ccc1C(C)N. The maximum atomic E-state index is 6.03. The molecule has 1 atom stereocenters. The largest absolute Gasteiger partial charge is 0.496 e. The summed E-state index contributed by atoms with van der Waals surface area (Å²) in [6.07, 6.45) is 0. The first-order valence-corrected chi connectivity index (χ1v) is 7.58. The summed E-state index contributed by atoms with van der Waals surface area (Å²) in [6.45, 7) is 2.00. The first kappa shape index (κ1) is 14.4. The third kappa shape index (κ3) is 3.53. The fraction of sp³-hybridized carbons (Fsp3) is 0.200. The number of rotatable bonds is 4. The van der Waals surface area contributed by atoms with E-state index in [1.165, 1.54) is 0 Å². The molecule has 0 saturated heterocycles. The molecule has 4 heteroatoms. The lowest BCUT2D eigenvalue weighted by Gasteiger charge is -2.14. The number of halogens is 1. The van der Waals surface area contributed by atoms with Gasteiger partial charge in [0.2, 0.25) is 0 Å². The lowest BCUT2D eigenvalue weighted by Crippen LogP contribution is -2.06. The minimum atomic E-state index is 0.00491. The second-order valence-corrected chi connectivity index (χ2v) is 6.22. The van der Waals surface area contributed by atoms with Gasteiger partial charge in [-0.3, -0.25) is 0 Å². The molecule has 0 aliphatic heterocycles. The molecule has 0 saturated carbocycles. The quantitative estimate of drug-likeness (QED) is 0.883. The van der Waals surface area contributed by atoms with Gasteiger partial charge in [-0.25, -0.2) is 0 Å². The van der Waals surface area contributed by atoms with E-state index < -0.39 is 0 Å². The van der Waals surface area contributed by atoms with E-state index in [9.17, 15) is 0 Å². The van der Waals surface area contributed by atoms with E-state index in [-0.39, 0.29) is 6.04 Å². The molecule has 1 unspecified atom stereocenters. The van der Waals surface area contributed by atoms with Crippen molar-refractivity contribution in [1.82, 2.24) is 0 Å². The smallest absolute Gasteiger partial charge is 0.132 e. The van der Waals surface area contributed by atoms with Gasteiger partial charge in [-0.1, -0.05) is 45.9 Å². The Bertz CT molecular complexity index is 572. The van der Waals surface area contributed by atoms with E-state index >= 15 is 0 Å². The Morgan fingerprint density at radius 2 is 1.89 bits per heavy atom. The van der Waals surface area contributed by atoms with Gasteiger partial charge in [0.05, 0.1) is 12.0 Å². The van der Waals surface area contributed by atoms with E-state index in [1.54, 1.807) is 18.9 Å². The van der Waals surface area contributed by atoms with Gasteiger partial charge in [0.1, 0.15) is 5.75 Å². The van der Waals surface area contributed by atoms with Gasteiger partial charge in [-0.05, 0) is 36.8 Å². The number of hydrogen-bond donors (Lipinski definition) is 1. The first-order valence-electron chi connectivity index (χ1n) is 5.97. The van der Waals surface area contributed by atoms with Gasteiger partial charge in [0.15, 0.2) is 0 Å². The van der Waals surface area contributed by atoms with Gasteiger partial charge >= 0.3 is 0 Å². The Morgan fingerprint density at radius 3 is 2.58 bits per heavy atom. The summed E-state index contributed by atoms with van der Waals surface area (Å²) in [6, 6.07) is 14.2. The highest BCUT2D eigenvalue weighted by Crippen LogP contribution is 2.38. The summed E-state index contributed by atoms with van der Waals surface area (Å²) in [4.78, 5) is 2.24. The van der Waals surface area contributed by atoms with E-state index in [2.05, 4.69) is 34.1 Å². The molecule has 0 heterocycles. The highest BCUT2D eigenvalue weighted by Gasteiger charge is 2.11. The number of hydrogen-bond acceptors (Lipinski definition) is 3. The van der Waals surface area contributed by atoms with E-state index in [0.717, 1.165) is 25.6 Å². The van der Waals surface area contributed by atoms with Crippen LogP contribution in [0.15, 0.2) is 56.7 Å². The molecule has 2 rings (SSSR count). The molecule has 0 aromatic heterocycles. The molecule has 0 amide bonds.